The molecule has 1 aliphatic heterocycles. The first-order valence-electron chi connectivity index (χ1n) is 15.1. The number of fused-ring (bicyclic) bond motifs is 1. The lowest BCUT2D eigenvalue weighted by Gasteiger charge is -2.44. The van der Waals surface area contributed by atoms with Gasteiger partial charge in [-0.2, -0.15) is 18.4 Å². The average Bonchev–Trinajstić information content (AvgIpc) is 3.31. The molecule has 0 aromatic carbocycles. The third-order valence-electron chi connectivity index (χ3n) is 5.72. The Kier molecular flexibility index (Phi) is 3.98. The number of hydrogen-bond donors (Lipinski definition) is 0. The zero-order valence-corrected chi connectivity index (χ0v) is 19.0. The van der Waals surface area contributed by atoms with Gasteiger partial charge in [-0.05, 0) is 46.5 Å². The van der Waals surface area contributed by atoms with Crippen molar-refractivity contribution in [2.75, 3.05) is 18.0 Å². The minimum atomic E-state index is -4.88. The fourth-order valence-electron chi connectivity index (χ4n) is 4.14. The predicted octanol–water partition coefficient (Wildman–Crippen LogP) is 4.54. The van der Waals surface area contributed by atoms with E-state index in [0.29, 0.717) is 0 Å². The number of nitriles is 1. The molecule has 0 radical (unpaired) electrons. The maximum atomic E-state index is 14.4. The molecule has 36 heavy (non-hydrogen) atoms. The summed E-state index contributed by atoms with van der Waals surface area (Å²) in [5, 5.41) is 8.85. The largest absolute Gasteiger partial charge is 0.444 e. The summed E-state index contributed by atoms with van der Waals surface area (Å²) in [5.41, 5.74) is -4.98. The summed E-state index contributed by atoms with van der Waals surface area (Å²) in [6.07, 6.45) is -3.32. The van der Waals surface area contributed by atoms with E-state index in [1.165, 1.54) is 37.1 Å². The Morgan fingerprint density at radius 2 is 1.94 bits per heavy atom. The number of alkyl halides is 3. The molecule has 12 heteroatoms. The first-order chi connectivity index (χ1) is 20.5. The third-order valence-corrected chi connectivity index (χ3v) is 5.72. The Bertz CT molecular complexity index is 1610. The highest BCUT2D eigenvalue weighted by atomic mass is 19.4. The van der Waals surface area contributed by atoms with Crippen LogP contribution in [0, 0.1) is 11.3 Å². The number of carbonyl (C=O) groups excluding carboxylic acids is 1. The molecule has 9 nitrogen and oxygen atoms in total. The molecule has 1 fully saturated rings. The number of amides is 1. The number of anilines is 1. The second-order valence-electron chi connectivity index (χ2n) is 8.37. The van der Waals surface area contributed by atoms with Gasteiger partial charge in [0.05, 0.1) is 22.6 Å². The number of carbonyl (C=O) groups is 1. The molecule has 190 valence electrons. The van der Waals surface area contributed by atoms with E-state index in [1.54, 1.807) is 0 Å². The number of ether oxygens (including phenoxy) is 1. The Hall–Kier alpha value is -3.88. The van der Waals surface area contributed by atoms with E-state index in [1.807, 2.05) is 6.07 Å². The maximum absolute atomic E-state index is 14.4. The van der Waals surface area contributed by atoms with Crippen LogP contribution in [-0.4, -0.2) is 61.3 Å². The molecule has 3 aromatic rings. The molecular weight excluding hydrogens is 475 g/mol. The average molecular weight is 511 g/mol. The van der Waals surface area contributed by atoms with Crippen molar-refractivity contribution in [2.24, 2.45) is 0 Å². The fraction of sp³-hybridized carbons (Fsp3) is 0.458. The van der Waals surface area contributed by atoms with Crippen molar-refractivity contribution in [2.45, 2.75) is 58.3 Å². The molecule has 0 aliphatic carbocycles. The van der Waals surface area contributed by atoms with Crippen LogP contribution in [0.4, 0.5) is 23.8 Å². The van der Waals surface area contributed by atoms with E-state index in [9.17, 15) is 23.2 Å². The minimum absolute atomic E-state index is 0.00515. The first-order valence-corrected chi connectivity index (χ1v) is 10.6. The van der Waals surface area contributed by atoms with Crippen molar-refractivity contribution < 1.29 is 35.0 Å². The second-order valence-corrected chi connectivity index (χ2v) is 8.37. The molecule has 0 bridgehead atoms. The summed E-state index contributed by atoms with van der Waals surface area (Å²) in [4.78, 5) is 27.9. The van der Waals surface area contributed by atoms with Crippen LogP contribution < -0.4 is 4.90 Å². The number of pyridine rings is 1. The van der Waals surface area contributed by atoms with Crippen LogP contribution >= 0.6 is 0 Å². The fourth-order valence-corrected chi connectivity index (χ4v) is 4.14. The van der Waals surface area contributed by atoms with Crippen LogP contribution in [0.25, 0.3) is 16.9 Å². The van der Waals surface area contributed by atoms with Gasteiger partial charge in [-0.3, -0.25) is 4.57 Å². The molecule has 3 aromatic heterocycles. The SMILES string of the molecule is [2H]C([2H])([2H])C(OC(=O)N1C[C@H](C)N(c2ncnc3c2c(C(F)(F)F)cn3-c2cc(C#N)ccn2)C[C@H]1C)(C([2H])([2H])[2H])C([2H])([2H])[2H]. The molecular formula is C24H26F3N7O2. The van der Waals surface area contributed by atoms with Gasteiger partial charge >= 0.3 is 12.3 Å². The lowest BCUT2D eigenvalue weighted by molar-refractivity contribution is -0.136. The first kappa shape index (κ1) is 16.0. The van der Waals surface area contributed by atoms with E-state index < -0.39 is 61.5 Å². The van der Waals surface area contributed by atoms with Gasteiger partial charge in [0.15, 0.2) is 5.65 Å². The zero-order valence-electron chi connectivity index (χ0n) is 28.0. The van der Waals surface area contributed by atoms with Gasteiger partial charge in [0.2, 0.25) is 0 Å². The van der Waals surface area contributed by atoms with E-state index in [4.69, 9.17) is 17.1 Å². The molecule has 0 unspecified atom stereocenters. The van der Waals surface area contributed by atoms with Gasteiger partial charge in [-0.1, -0.05) is 0 Å². The topological polar surface area (TPSA) is 100 Å². The van der Waals surface area contributed by atoms with Crippen molar-refractivity contribution in [1.82, 2.24) is 24.4 Å². The summed E-state index contributed by atoms with van der Waals surface area (Å²) in [5.74, 6) is -0.161. The maximum Gasteiger partial charge on any atom is 0.418 e. The normalized spacial score (nSPS) is 23.6. The van der Waals surface area contributed by atoms with Crippen LogP contribution in [0.5, 0.6) is 0 Å². The number of nitrogens with zero attached hydrogens (tertiary/aromatic N) is 7. The molecule has 0 N–H and O–H groups in total. The molecule has 1 aliphatic rings. The molecule has 2 atom stereocenters. The molecule has 4 rings (SSSR count). The number of hydrogen-bond acceptors (Lipinski definition) is 7. The van der Waals surface area contributed by atoms with Crippen molar-refractivity contribution in [3.8, 4) is 11.9 Å². The van der Waals surface area contributed by atoms with Gasteiger partial charge in [0, 0.05) is 49.9 Å². The van der Waals surface area contributed by atoms with Gasteiger partial charge in [0.1, 0.15) is 23.6 Å². The standard InChI is InChI=1S/C24H26F3N7O2/c1-14-11-33(22(35)36-23(3,4)5)15(2)10-32(14)20-19-17(24(25,26)27)12-34(21(19)31-13-30-20)18-8-16(9-28)6-7-29-18/h6-8,12-15H,10-11H2,1-5H3/t14-,15+/m0/s1/i3D3,4D3,5D3. The van der Waals surface area contributed by atoms with E-state index in [-0.39, 0.29) is 35.9 Å². The summed E-state index contributed by atoms with van der Waals surface area (Å²) in [7, 11) is 0. The zero-order chi connectivity index (χ0) is 33.9. The van der Waals surface area contributed by atoms with Crippen molar-refractivity contribution in [3.05, 3.63) is 42.0 Å². The number of rotatable bonds is 2. The highest BCUT2D eigenvalue weighted by Crippen LogP contribution is 2.41. The monoisotopic (exact) mass is 510 g/mol. The third kappa shape index (κ3) is 4.78. The summed E-state index contributed by atoms with van der Waals surface area (Å²) < 4.78 is 118. The number of halogens is 3. The number of piperazine rings is 1. The van der Waals surface area contributed by atoms with Crippen molar-refractivity contribution >= 4 is 22.9 Å². The Morgan fingerprint density at radius 3 is 2.61 bits per heavy atom. The summed E-state index contributed by atoms with van der Waals surface area (Å²) >= 11 is 0. The van der Waals surface area contributed by atoms with Crippen molar-refractivity contribution in [1.29, 1.82) is 5.26 Å². The quantitative estimate of drug-likeness (QED) is 0.499. The van der Waals surface area contributed by atoms with Crippen molar-refractivity contribution in [3.63, 3.8) is 0 Å². The van der Waals surface area contributed by atoms with Crippen LogP contribution in [0.15, 0.2) is 30.9 Å². The van der Waals surface area contributed by atoms with Crippen LogP contribution in [-0.2, 0) is 10.9 Å². The van der Waals surface area contributed by atoms with E-state index in [2.05, 4.69) is 15.0 Å². The minimum Gasteiger partial charge on any atom is -0.444 e. The lowest BCUT2D eigenvalue weighted by atomic mass is 10.1. The molecule has 4 heterocycles. The highest BCUT2D eigenvalue weighted by Gasteiger charge is 2.40. The number of aromatic nitrogens is 4. The Labute approximate surface area is 218 Å². The predicted molar refractivity (Wildman–Crippen MR) is 126 cm³/mol. The molecule has 0 spiro atoms. The van der Waals surface area contributed by atoms with Gasteiger partial charge in [0.25, 0.3) is 0 Å². The van der Waals surface area contributed by atoms with Gasteiger partial charge in [-0.15, -0.1) is 0 Å². The van der Waals surface area contributed by atoms with E-state index in [0.717, 1.165) is 22.0 Å². The smallest absolute Gasteiger partial charge is 0.418 e. The van der Waals surface area contributed by atoms with Crippen LogP contribution in [0.2, 0.25) is 0 Å². The molecule has 0 saturated carbocycles. The highest BCUT2D eigenvalue weighted by molar-refractivity contribution is 5.93. The van der Waals surface area contributed by atoms with Gasteiger partial charge < -0.3 is 14.5 Å². The lowest BCUT2D eigenvalue weighted by Crippen LogP contribution is -2.59. The van der Waals surface area contributed by atoms with Crippen LogP contribution in [0.3, 0.4) is 0 Å². The molecule has 1 saturated heterocycles. The Morgan fingerprint density at radius 1 is 1.19 bits per heavy atom. The molecule has 1 amide bonds. The summed E-state index contributed by atoms with van der Waals surface area (Å²) in [6, 6.07) is 2.79. The Balaban J connectivity index is 1.75. The van der Waals surface area contributed by atoms with Gasteiger partial charge in [-0.25, -0.2) is 19.7 Å². The summed E-state index contributed by atoms with van der Waals surface area (Å²) in [6.45, 7) is -8.94. The second kappa shape index (κ2) is 8.96. The van der Waals surface area contributed by atoms with Crippen LogP contribution in [0.1, 0.15) is 57.9 Å². The van der Waals surface area contributed by atoms with E-state index >= 15 is 0 Å².